The largest absolute Gasteiger partial charge is 0.493 e. The highest BCUT2D eigenvalue weighted by molar-refractivity contribution is 5.50. The minimum Gasteiger partial charge on any atom is -0.493 e. The molecule has 17 heavy (non-hydrogen) atoms. The third-order valence-corrected chi connectivity index (χ3v) is 2.46. The maximum atomic E-state index is 12.1. The fourth-order valence-corrected chi connectivity index (χ4v) is 1.68. The first-order valence-electron chi connectivity index (χ1n) is 5.39. The Kier molecular flexibility index (Phi) is 3.55. The van der Waals surface area contributed by atoms with Crippen LogP contribution in [0.1, 0.15) is 39.8 Å². The fourth-order valence-electron chi connectivity index (χ4n) is 1.68. The first-order valence-corrected chi connectivity index (χ1v) is 5.39. The lowest BCUT2D eigenvalue weighted by Crippen LogP contribution is -2.41. The molecule has 0 bridgehead atoms. The maximum absolute atomic E-state index is 12.1. The molecule has 0 saturated heterocycles. The van der Waals surface area contributed by atoms with E-state index in [4.69, 9.17) is 0 Å². The van der Waals surface area contributed by atoms with E-state index < -0.39 is 17.1 Å². The summed E-state index contributed by atoms with van der Waals surface area (Å²) in [5, 5.41) is 9.84. The minimum atomic E-state index is -0.616. The molecule has 1 rings (SSSR count). The average Bonchev–Trinajstić information content (AvgIpc) is 2.16. The van der Waals surface area contributed by atoms with Gasteiger partial charge in [-0.3, -0.25) is 18.9 Å². The zero-order valence-corrected chi connectivity index (χ0v) is 10.5. The Balaban J connectivity index is 3.90. The third kappa shape index (κ3) is 2.02. The van der Waals surface area contributed by atoms with Crippen molar-refractivity contribution in [2.24, 2.45) is 4.99 Å². The van der Waals surface area contributed by atoms with Crippen LogP contribution < -0.4 is 11.2 Å². The summed E-state index contributed by atoms with van der Waals surface area (Å²) in [6, 6.07) is -0.574. The lowest BCUT2D eigenvalue weighted by molar-refractivity contribution is 0.365. The molecule has 6 heteroatoms. The Morgan fingerprint density at radius 2 is 1.59 bits per heavy atom. The van der Waals surface area contributed by atoms with E-state index in [1.165, 1.54) is 0 Å². The second-order valence-corrected chi connectivity index (χ2v) is 4.35. The number of nitrogens with zero attached hydrogens (tertiary/aromatic N) is 3. The standard InChI is InChI=1S/C11H17N3O3/c1-6(2)13-9(15)8(12-5)10(16)14(7(3)4)11(13)17/h6-7,15H,5H2,1-4H3. The maximum Gasteiger partial charge on any atom is 0.334 e. The van der Waals surface area contributed by atoms with Crippen molar-refractivity contribution in [2.75, 3.05) is 0 Å². The summed E-state index contributed by atoms with van der Waals surface area (Å²) in [5.74, 6) is -0.429. The Morgan fingerprint density at radius 3 is 1.94 bits per heavy atom. The van der Waals surface area contributed by atoms with Crippen LogP contribution in [0.5, 0.6) is 5.88 Å². The molecule has 0 unspecified atom stereocenters. The Morgan fingerprint density at radius 1 is 1.12 bits per heavy atom. The van der Waals surface area contributed by atoms with E-state index in [0.29, 0.717) is 0 Å². The number of hydrogen-bond acceptors (Lipinski definition) is 4. The quantitative estimate of drug-likeness (QED) is 0.805. The molecular formula is C11H17N3O3. The Bertz CT molecular complexity index is 552. The number of aromatic hydroxyl groups is 1. The van der Waals surface area contributed by atoms with E-state index in [0.717, 1.165) is 9.13 Å². The van der Waals surface area contributed by atoms with Crippen LogP contribution in [-0.4, -0.2) is 21.0 Å². The van der Waals surface area contributed by atoms with E-state index >= 15 is 0 Å². The zero-order valence-electron chi connectivity index (χ0n) is 10.5. The van der Waals surface area contributed by atoms with Crippen LogP contribution in [-0.2, 0) is 0 Å². The molecule has 6 nitrogen and oxygen atoms in total. The molecule has 0 aliphatic rings. The first-order chi connectivity index (χ1) is 7.82. The summed E-state index contributed by atoms with van der Waals surface area (Å²) < 4.78 is 2.19. The van der Waals surface area contributed by atoms with Crippen molar-refractivity contribution in [3.05, 3.63) is 20.8 Å². The van der Waals surface area contributed by atoms with Gasteiger partial charge in [-0.1, -0.05) is 0 Å². The van der Waals surface area contributed by atoms with Gasteiger partial charge in [0.2, 0.25) is 5.88 Å². The summed E-state index contributed by atoms with van der Waals surface area (Å²) in [6.45, 7) is 10.2. The van der Waals surface area contributed by atoms with Crippen LogP contribution >= 0.6 is 0 Å². The molecule has 0 aliphatic heterocycles. The third-order valence-electron chi connectivity index (χ3n) is 2.46. The normalized spacial score (nSPS) is 11.2. The van der Waals surface area contributed by atoms with Gasteiger partial charge in [0.15, 0.2) is 5.69 Å². The van der Waals surface area contributed by atoms with Gasteiger partial charge in [-0.25, -0.2) is 4.79 Å². The van der Waals surface area contributed by atoms with Crippen molar-refractivity contribution in [3.8, 4) is 5.88 Å². The minimum absolute atomic E-state index is 0.188. The molecule has 1 heterocycles. The topological polar surface area (TPSA) is 76.6 Å². The Hall–Kier alpha value is -1.85. The van der Waals surface area contributed by atoms with Gasteiger partial charge < -0.3 is 5.11 Å². The van der Waals surface area contributed by atoms with Crippen molar-refractivity contribution in [3.63, 3.8) is 0 Å². The summed E-state index contributed by atoms with van der Waals surface area (Å²) in [4.78, 5) is 27.5. The van der Waals surface area contributed by atoms with Crippen LogP contribution in [0, 0.1) is 0 Å². The molecule has 0 radical (unpaired) electrons. The van der Waals surface area contributed by atoms with Crippen molar-refractivity contribution >= 4 is 12.4 Å². The fraction of sp³-hybridized carbons (Fsp3) is 0.545. The first kappa shape index (κ1) is 13.2. The number of rotatable bonds is 3. The molecule has 0 amide bonds. The second kappa shape index (κ2) is 4.57. The number of aliphatic imine (C=N–C) groups is 1. The van der Waals surface area contributed by atoms with Crippen LogP contribution in [0.25, 0.3) is 0 Å². The number of aromatic nitrogens is 2. The zero-order chi connectivity index (χ0) is 13.3. The molecular weight excluding hydrogens is 222 g/mol. The Labute approximate surface area is 98.9 Å². The summed E-state index contributed by atoms with van der Waals surface area (Å²) in [7, 11) is 0. The van der Waals surface area contributed by atoms with Gasteiger partial charge in [0.25, 0.3) is 5.56 Å². The predicted molar refractivity (Wildman–Crippen MR) is 66.6 cm³/mol. The van der Waals surface area contributed by atoms with Gasteiger partial charge in [0.05, 0.1) is 0 Å². The van der Waals surface area contributed by atoms with E-state index in [1.54, 1.807) is 27.7 Å². The lowest BCUT2D eigenvalue weighted by Gasteiger charge is -2.18. The highest BCUT2D eigenvalue weighted by atomic mass is 16.3. The monoisotopic (exact) mass is 239 g/mol. The molecule has 0 aromatic carbocycles. The molecule has 1 aromatic rings. The van der Waals surface area contributed by atoms with Crippen LogP contribution in [0.15, 0.2) is 14.6 Å². The number of hydrogen-bond donors (Lipinski definition) is 1. The molecule has 0 aliphatic carbocycles. The van der Waals surface area contributed by atoms with Crippen molar-refractivity contribution in [1.29, 1.82) is 0 Å². The molecule has 0 spiro atoms. The van der Waals surface area contributed by atoms with Gasteiger partial charge >= 0.3 is 5.69 Å². The molecule has 0 saturated carbocycles. The van der Waals surface area contributed by atoms with E-state index in [2.05, 4.69) is 11.7 Å². The van der Waals surface area contributed by atoms with Gasteiger partial charge in [0.1, 0.15) is 0 Å². The van der Waals surface area contributed by atoms with Crippen LogP contribution in [0.4, 0.5) is 5.69 Å². The van der Waals surface area contributed by atoms with Gasteiger partial charge in [0, 0.05) is 12.1 Å². The van der Waals surface area contributed by atoms with Gasteiger partial charge in [-0.05, 0) is 34.4 Å². The van der Waals surface area contributed by atoms with E-state index in [1.807, 2.05) is 0 Å². The van der Waals surface area contributed by atoms with Crippen LogP contribution in [0.2, 0.25) is 0 Å². The SMILES string of the molecule is C=Nc1c(O)n(C(C)C)c(=O)n(C(C)C)c1=O. The molecule has 0 atom stereocenters. The molecule has 1 aromatic heterocycles. The van der Waals surface area contributed by atoms with Crippen molar-refractivity contribution < 1.29 is 5.11 Å². The molecule has 94 valence electrons. The molecule has 1 N–H and O–H groups in total. The second-order valence-electron chi connectivity index (χ2n) is 4.35. The average molecular weight is 239 g/mol. The lowest BCUT2D eigenvalue weighted by atomic mass is 10.3. The summed E-state index contributed by atoms with van der Waals surface area (Å²) in [6.07, 6.45) is 0. The van der Waals surface area contributed by atoms with Crippen molar-refractivity contribution in [2.45, 2.75) is 39.8 Å². The van der Waals surface area contributed by atoms with Crippen molar-refractivity contribution in [1.82, 2.24) is 9.13 Å². The summed E-state index contributed by atoms with van der Waals surface area (Å²) >= 11 is 0. The highest BCUT2D eigenvalue weighted by Gasteiger charge is 2.20. The molecule has 0 fully saturated rings. The summed E-state index contributed by atoms with van der Waals surface area (Å²) in [5.41, 5.74) is -1.34. The smallest absolute Gasteiger partial charge is 0.334 e. The van der Waals surface area contributed by atoms with E-state index in [9.17, 15) is 14.7 Å². The van der Waals surface area contributed by atoms with E-state index in [-0.39, 0.29) is 17.8 Å². The van der Waals surface area contributed by atoms with Crippen LogP contribution in [0.3, 0.4) is 0 Å². The highest BCUT2D eigenvalue weighted by Crippen LogP contribution is 2.22. The predicted octanol–water partition coefficient (Wildman–Crippen LogP) is 1.21. The van der Waals surface area contributed by atoms with Gasteiger partial charge in [-0.15, -0.1) is 0 Å². The van der Waals surface area contributed by atoms with Gasteiger partial charge in [-0.2, -0.15) is 0 Å².